The first-order valence-corrected chi connectivity index (χ1v) is 9.08. The molecule has 0 unspecified atom stereocenters. The van der Waals surface area contributed by atoms with Crippen LogP contribution in [0.1, 0.15) is 16.8 Å². The highest BCUT2D eigenvalue weighted by Crippen LogP contribution is 2.31. The van der Waals surface area contributed by atoms with E-state index in [0.717, 1.165) is 11.5 Å². The molecule has 2 aromatic carbocycles. The highest BCUT2D eigenvalue weighted by Gasteiger charge is 2.20. The van der Waals surface area contributed by atoms with Crippen molar-refractivity contribution in [3.05, 3.63) is 78.2 Å². The van der Waals surface area contributed by atoms with Gasteiger partial charge in [0.15, 0.2) is 11.5 Å². The maximum atomic E-state index is 13.3. The van der Waals surface area contributed by atoms with E-state index in [1.807, 2.05) is 24.3 Å². The molecule has 28 heavy (non-hydrogen) atoms. The van der Waals surface area contributed by atoms with Crippen molar-refractivity contribution in [2.24, 2.45) is 0 Å². The highest BCUT2D eigenvalue weighted by atomic mass is 19.1. The molecule has 0 bridgehead atoms. The average Bonchev–Trinajstić information content (AvgIpc) is 2.74. The molecule has 2 heterocycles. The smallest absolute Gasteiger partial charge is 0.252 e. The van der Waals surface area contributed by atoms with Crippen molar-refractivity contribution in [1.82, 2.24) is 10.3 Å². The summed E-state index contributed by atoms with van der Waals surface area (Å²) in [6.07, 6.45) is 2.02. The summed E-state index contributed by atoms with van der Waals surface area (Å²) in [7, 11) is 0. The summed E-state index contributed by atoms with van der Waals surface area (Å²) >= 11 is 0. The zero-order valence-corrected chi connectivity index (χ0v) is 15.1. The minimum absolute atomic E-state index is 0.108. The molecular weight excluding hydrogens is 359 g/mol. The van der Waals surface area contributed by atoms with E-state index < -0.39 is 0 Å². The van der Waals surface area contributed by atoms with Gasteiger partial charge < -0.3 is 14.8 Å². The fourth-order valence-electron chi connectivity index (χ4n) is 3.00. The van der Waals surface area contributed by atoms with Gasteiger partial charge in [-0.2, -0.15) is 0 Å². The number of benzene rings is 2. The summed E-state index contributed by atoms with van der Waals surface area (Å²) in [5.41, 5.74) is 1.73. The standard InChI is InChI=1S/C22H19FN2O3/c23-17-5-3-4-15(12-17)19-9-8-16(13-25-19)22(26)24-11-10-18-14-27-20-6-1-2-7-21(20)28-18/h1-9,12-13,18H,10-11,14H2,(H,24,26)/t18-/m1/s1. The average molecular weight is 378 g/mol. The molecule has 1 atom stereocenters. The van der Waals surface area contributed by atoms with Gasteiger partial charge in [0.1, 0.15) is 18.5 Å². The molecule has 1 aliphatic rings. The fraction of sp³-hybridized carbons (Fsp3) is 0.182. The molecule has 0 radical (unpaired) electrons. The quantitative estimate of drug-likeness (QED) is 0.733. The summed E-state index contributed by atoms with van der Waals surface area (Å²) in [5.74, 6) is 0.933. The summed E-state index contributed by atoms with van der Waals surface area (Å²) in [6.45, 7) is 0.914. The van der Waals surface area contributed by atoms with Crippen LogP contribution in [-0.4, -0.2) is 30.1 Å². The summed E-state index contributed by atoms with van der Waals surface area (Å²) in [4.78, 5) is 16.6. The first-order chi connectivity index (χ1) is 13.7. The van der Waals surface area contributed by atoms with E-state index in [0.29, 0.717) is 36.4 Å². The number of nitrogens with one attached hydrogen (secondary N) is 1. The minimum Gasteiger partial charge on any atom is -0.486 e. The van der Waals surface area contributed by atoms with Gasteiger partial charge in [-0.05, 0) is 36.4 Å². The van der Waals surface area contributed by atoms with Gasteiger partial charge in [0.2, 0.25) is 0 Å². The second kappa shape index (κ2) is 8.08. The van der Waals surface area contributed by atoms with E-state index in [9.17, 15) is 9.18 Å². The number of ether oxygens (including phenoxy) is 2. The molecular formula is C22H19FN2O3. The number of carbonyl (C=O) groups excluding carboxylic acids is 1. The maximum Gasteiger partial charge on any atom is 0.252 e. The van der Waals surface area contributed by atoms with Crippen LogP contribution in [0.3, 0.4) is 0 Å². The third-order valence-corrected chi connectivity index (χ3v) is 4.47. The monoisotopic (exact) mass is 378 g/mol. The maximum absolute atomic E-state index is 13.3. The Morgan fingerprint density at radius 2 is 1.96 bits per heavy atom. The molecule has 1 aromatic heterocycles. The van der Waals surface area contributed by atoms with E-state index in [1.165, 1.54) is 18.3 Å². The molecule has 0 saturated heterocycles. The lowest BCUT2D eigenvalue weighted by atomic mass is 10.1. The summed E-state index contributed by atoms with van der Waals surface area (Å²) in [5, 5.41) is 2.86. The number of halogens is 1. The van der Waals surface area contributed by atoms with Crippen molar-refractivity contribution in [2.75, 3.05) is 13.2 Å². The number of carbonyl (C=O) groups is 1. The Morgan fingerprint density at radius 3 is 2.75 bits per heavy atom. The number of rotatable bonds is 5. The van der Waals surface area contributed by atoms with Crippen molar-refractivity contribution in [3.8, 4) is 22.8 Å². The van der Waals surface area contributed by atoms with E-state index in [1.54, 1.807) is 24.3 Å². The van der Waals surface area contributed by atoms with Crippen molar-refractivity contribution in [1.29, 1.82) is 0 Å². The van der Waals surface area contributed by atoms with Crippen LogP contribution in [-0.2, 0) is 0 Å². The number of aromatic nitrogens is 1. The SMILES string of the molecule is O=C(NCC[C@@H]1COc2ccccc2O1)c1ccc(-c2cccc(F)c2)nc1. The van der Waals surface area contributed by atoms with Gasteiger partial charge in [0, 0.05) is 24.7 Å². The van der Waals surface area contributed by atoms with Gasteiger partial charge in [-0.25, -0.2) is 4.39 Å². The second-order valence-electron chi connectivity index (χ2n) is 6.48. The predicted octanol–water partition coefficient (Wildman–Crippen LogP) is 3.85. The Morgan fingerprint density at radius 1 is 1.11 bits per heavy atom. The van der Waals surface area contributed by atoms with Crippen LogP contribution in [0.5, 0.6) is 11.5 Å². The van der Waals surface area contributed by atoms with Gasteiger partial charge in [0.05, 0.1) is 11.3 Å². The number of hydrogen-bond acceptors (Lipinski definition) is 4. The lowest BCUT2D eigenvalue weighted by Crippen LogP contribution is -2.34. The first-order valence-electron chi connectivity index (χ1n) is 9.08. The number of nitrogens with zero attached hydrogens (tertiary/aromatic N) is 1. The molecule has 1 N–H and O–H groups in total. The molecule has 5 nitrogen and oxygen atoms in total. The molecule has 3 aromatic rings. The van der Waals surface area contributed by atoms with Crippen LogP contribution in [0, 0.1) is 5.82 Å². The van der Waals surface area contributed by atoms with Crippen LogP contribution in [0.25, 0.3) is 11.3 Å². The molecule has 4 rings (SSSR count). The van der Waals surface area contributed by atoms with Crippen LogP contribution >= 0.6 is 0 Å². The van der Waals surface area contributed by atoms with Crippen molar-refractivity contribution in [2.45, 2.75) is 12.5 Å². The topological polar surface area (TPSA) is 60.5 Å². The molecule has 0 aliphatic carbocycles. The van der Waals surface area contributed by atoms with Crippen molar-refractivity contribution < 1.29 is 18.7 Å². The lowest BCUT2D eigenvalue weighted by Gasteiger charge is -2.26. The summed E-state index contributed by atoms with van der Waals surface area (Å²) in [6, 6.07) is 17.1. The third-order valence-electron chi connectivity index (χ3n) is 4.47. The predicted molar refractivity (Wildman–Crippen MR) is 103 cm³/mol. The van der Waals surface area contributed by atoms with Crippen LogP contribution in [0.4, 0.5) is 4.39 Å². The van der Waals surface area contributed by atoms with E-state index in [2.05, 4.69) is 10.3 Å². The molecule has 0 spiro atoms. The van der Waals surface area contributed by atoms with Gasteiger partial charge in [0.25, 0.3) is 5.91 Å². The normalized spacial score (nSPS) is 15.1. The van der Waals surface area contributed by atoms with Crippen LogP contribution in [0.15, 0.2) is 66.9 Å². The Labute approximate surface area is 162 Å². The number of amides is 1. The number of pyridine rings is 1. The first kappa shape index (κ1) is 18.0. The van der Waals surface area contributed by atoms with Gasteiger partial charge in [-0.3, -0.25) is 9.78 Å². The van der Waals surface area contributed by atoms with Crippen molar-refractivity contribution >= 4 is 5.91 Å². The van der Waals surface area contributed by atoms with E-state index in [-0.39, 0.29) is 17.8 Å². The molecule has 142 valence electrons. The fourth-order valence-corrected chi connectivity index (χ4v) is 3.00. The highest BCUT2D eigenvalue weighted by molar-refractivity contribution is 5.94. The molecule has 1 aliphatic heterocycles. The number of para-hydroxylation sites is 2. The molecule has 0 saturated carbocycles. The Hall–Kier alpha value is -3.41. The minimum atomic E-state index is -0.322. The lowest BCUT2D eigenvalue weighted by molar-refractivity contribution is 0.0812. The zero-order chi connectivity index (χ0) is 19.3. The number of hydrogen-bond donors (Lipinski definition) is 1. The Bertz CT molecular complexity index is 976. The van der Waals surface area contributed by atoms with E-state index in [4.69, 9.17) is 9.47 Å². The Balaban J connectivity index is 1.30. The van der Waals surface area contributed by atoms with Gasteiger partial charge in [-0.1, -0.05) is 24.3 Å². The third kappa shape index (κ3) is 4.11. The molecule has 0 fully saturated rings. The number of fused-ring (bicyclic) bond motifs is 1. The van der Waals surface area contributed by atoms with E-state index >= 15 is 0 Å². The van der Waals surface area contributed by atoms with Crippen LogP contribution in [0.2, 0.25) is 0 Å². The summed E-state index contributed by atoms with van der Waals surface area (Å²) < 4.78 is 24.9. The molecule has 6 heteroatoms. The molecule has 1 amide bonds. The van der Waals surface area contributed by atoms with Gasteiger partial charge >= 0.3 is 0 Å². The zero-order valence-electron chi connectivity index (χ0n) is 15.1. The van der Waals surface area contributed by atoms with Crippen LogP contribution < -0.4 is 14.8 Å². The van der Waals surface area contributed by atoms with Crippen molar-refractivity contribution in [3.63, 3.8) is 0 Å². The largest absolute Gasteiger partial charge is 0.486 e. The van der Waals surface area contributed by atoms with Gasteiger partial charge in [-0.15, -0.1) is 0 Å². The second-order valence-corrected chi connectivity index (χ2v) is 6.48. The Kier molecular flexibility index (Phi) is 5.19.